The van der Waals surface area contributed by atoms with Gasteiger partial charge in [0.25, 0.3) is 11.8 Å². The third-order valence-corrected chi connectivity index (χ3v) is 6.85. The number of alkyl halides is 2. The number of rotatable bonds is 8. The molecule has 0 aliphatic heterocycles. The maximum absolute atomic E-state index is 14.5. The van der Waals surface area contributed by atoms with E-state index in [-0.39, 0.29) is 41.2 Å². The lowest BCUT2D eigenvalue weighted by molar-refractivity contribution is -0.0499. The Hall–Kier alpha value is -4.74. The van der Waals surface area contributed by atoms with Crippen LogP contribution in [0.3, 0.4) is 0 Å². The summed E-state index contributed by atoms with van der Waals surface area (Å²) in [6.07, 6.45) is 2.17. The fourth-order valence-corrected chi connectivity index (χ4v) is 4.96. The highest BCUT2D eigenvalue weighted by Crippen LogP contribution is 2.35. The zero-order chi connectivity index (χ0) is 28.6. The highest BCUT2D eigenvalue weighted by atomic mass is 19.3. The number of halogens is 3. The molecule has 1 aliphatic carbocycles. The summed E-state index contributed by atoms with van der Waals surface area (Å²) < 4.78 is 44.9. The monoisotopic (exact) mass is 551 g/mol. The van der Waals surface area contributed by atoms with Crippen molar-refractivity contribution in [2.45, 2.75) is 45.9 Å². The molecule has 1 atom stereocenters. The van der Waals surface area contributed by atoms with Gasteiger partial charge in [-0.25, -0.2) is 13.9 Å². The van der Waals surface area contributed by atoms with Gasteiger partial charge in [0.2, 0.25) is 0 Å². The molecule has 9 nitrogen and oxygen atoms in total. The van der Waals surface area contributed by atoms with Gasteiger partial charge in [0.05, 0.1) is 12.2 Å². The van der Waals surface area contributed by atoms with Gasteiger partial charge in [-0.3, -0.25) is 14.4 Å². The topological polar surface area (TPSA) is 115 Å². The van der Waals surface area contributed by atoms with Crippen molar-refractivity contribution in [1.82, 2.24) is 25.2 Å². The molecule has 12 heteroatoms. The molecule has 2 amide bonds. The Balaban J connectivity index is 1.38. The first-order valence-corrected chi connectivity index (χ1v) is 12.4. The van der Waals surface area contributed by atoms with Gasteiger partial charge in [-0.05, 0) is 61.1 Å². The zero-order valence-corrected chi connectivity index (χ0v) is 21.5. The number of ketones is 1. The number of ether oxygens (including phenoxy) is 1. The number of hydrogen-bond acceptors (Lipinski definition) is 6. The minimum Gasteiger partial charge on any atom is -0.435 e. The van der Waals surface area contributed by atoms with E-state index in [0.717, 1.165) is 27.4 Å². The summed E-state index contributed by atoms with van der Waals surface area (Å²) in [5, 5.41) is 9.43. The van der Waals surface area contributed by atoms with Crippen molar-refractivity contribution in [1.29, 1.82) is 0 Å². The van der Waals surface area contributed by atoms with Crippen molar-refractivity contribution in [3.8, 4) is 5.75 Å². The minimum atomic E-state index is -2.99. The van der Waals surface area contributed by atoms with E-state index in [1.54, 1.807) is 12.1 Å². The van der Waals surface area contributed by atoms with Crippen LogP contribution in [0.5, 0.6) is 5.75 Å². The number of nitrogens with zero attached hydrogens (tertiary/aromatic N) is 3. The number of carbonyl (C=O) groups is 3. The van der Waals surface area contributed by atoms with Crippen LogP contribution in [-0.2, 0) is 13.0 Å². The summed E-state index contributed by atoms with van der Waals surface area (Å²) in [5.74, 6) is -2.22. The first-order chi connectivity index (χ1) is 19.1. The molecular weight excluding hydrogens is 527 g/mol. The molecule has 0 saturated heterocycles. The SMILES string of the molecule is CC(=O)c1ccc2c(c1C)CC[C@@H]2NC(=O)c1cc(C(=O)NCc2cccc(OC(F)F)c2)nc2c(F)cnn12. The maximum atomic E-state index is 14.5. The molecule has 0 bridgehead atoms. The van der Waals surface area contributed by atoms with Crippen LogP contribution < -0.4 is 15.4 Å². The maximum Gasteiger partial charge on any atom is 0.387 e. The van der Waals surface area contributed by atoms with Crippen LogP contribution >= 0.6 is 0 Å². The molecule has 2 aromatic carbocycles. The number of aromatic nitrogens is 3. The van der Waals surface area contributed by atoms with Crippen LogP contribution in [0.15, 0.2) is 48.7 Å². The normalized spacial score (nSPS) is 14.3. The molecule has 0 fully saturated rings. The van der Waals surface area contributed by atoms with Crippen LogP contribution in [-0.4, -0.2) is 38.8 Å². The molecule has 2 heterocycles. The summed E-state index contributed by atoms with van der Waals surface area (Å²) >= 11 is 0. The molecule has 40 heavy (non-hydrogen) atoms. The Morgan fingerprint density at radius 2 is 1.95 bits per heavy atom. The van der Waals surface area contributed by atoms with E-state index >= 15 is 0 Å². The third-order valence-electron chi connectivity index (χ3n) is 6.85. The van der Waals surface area contributed by atoms with Crippen LogP contribution in [0.4, 0.5) is 13.2 Å². The second-order valence-electron chi connectivity index (χ2n) is 9.39. The Morgan fingerprint density at radius 1 is 1.15 bits per heavy atom. The van der Waals surface area contributed by atoms with Crippen LogP contribution in [0.1, 0.15) is 73.0 Å². The summed E-state index contributed by atoms with van der Waals surface area (Å²) in [4.78, 5) is 42.3. The molecule has 2 N–H and O–H groups in total. The van der Waals surface area contributed by atoms with Crippen molar-refractivity contribution >= 4 is 23.2 Å². The number of carbonyl (C=O) groups excluding carboxylic acids is 3. The molecule has 0 unspecified atom stereocenters. The van der Waals surface area contributed by atoms with E-state index in [4.69, 9.17) is 0 Å². The van der Waals surface area contributed by atoms with Crippen LogP contribution in [0.2, 0.25) is 0 Å². The summed E-state index contributed by atoms with van der Waals surface area (Å²) in [6.45, 7) is 0.338. The Labute approximate surface area is 226 Å². The van der Waals surface area contributed by atoms with Gasteiger partial charge in [0.15, 0.2) is 17.2 Å². The van der Waals surface area contributed by atoms with Gasteiger partial charge in [0.1, 0.15) is 17.1 Å². The molecule has 2 aromatic heterocycles. The lowest BCUT2D eigenvalue weighted by Gasteiger charge is -2.16. The van der Waals surface area contributed by atoms with E-state index in [1.807, 2.05) is 13.0 Å². The Bertz CT molecular complexity index is 1650. The lowest BCUT2D eigenvalue weighted by atomic mass is 9.96. The fraction of sp³-hybridized carbons (Fsp3) is 0.250. The highest BCUT2D eigenvalue weighted by Gasteiger charge is 2.29. The van der Waals surface area contributed by atoms with E-state index in [9.17, 15) is 27.6 Å². The predicted octanol–water partition coefficient (Wildman–Crippen LogP) is 4.33. The number of hydrogen-bond donors (Lipinski definition) is 2. The van der Waals surface area contributed by atoms with Crippen LogP contribution in [0, 0.1) is 12.7 Å². The number of benzene rings is 2. The van der Waals surface area contributed by atoms with Crippen molar-refractivity contribution in [3.63, 3.8) is 0 Å². The molecule has 0 radical (unpaired) electrons. The highest BCUT2D eigenvalue weighted by molar-refractivity contribution is 5.99. The Morgan fingerprint density at radius 3 is 2.70 bits per heavy atom. The van der Waals surface area contributed by atoms with Crippen molar-refractivity contribution < 1.29 is 32.3 Å². The summed E-state index contributed by atoms with van der Waals surface area (Å²) in [5.41, 5.74) is 3.26. The number of nitrogens with one attached hydrogen (secondary N) is 2. The van der Waals surface area contributed by atoms with Crippen molar-refractivity contribution in [3.05, 3.63) is 93.7 Å². The standard InChI is InChI=1S/C28H24F3N5O4/c1-14-18(15(2)37)6-7-20-19(14)8-9-22(20)35-27(39)24-11-23(34-25-21(29)13-33-36(24)25)26(38)32-12-16-4-3-5-17(10-16)40-28(30)31/h3-7,10-11,13,22,28H,8-9,12H2,1-2H3,(H,32,38)(H,35,39)/t22-/m0/s1. The second-order valence-corrected chi connectivity index (χ2v) is 9.39. The largest absolute Gasteiger partial charge is 0.435 e. The van der Waals surface area contributed by atoms with E-state index in [0.29, 0.717) is 24.0 Å². The molecule has 0 spiro atoms. The molecule has 0 saturated carbocycles. The molecule has 1 aliphatic rings. The average molecular weight is 552 g/mol. The van der Waals surface area contributed by atoms with Gasteiger partial charge < -0.3 is 15.4 Å². The van der Waals surface area contributed by atoms with E-state index in [1.165, 1.54) is 31.2 Å². The second kappa shape index (κ2) is 10.8. The van der Waals surface area contributed by atoms with E-state index in [2.05, 4.69) is 25.5 Å². The van der Waals surface area contributed by atoms with Gasteiger partial charge in [-0.2, -0.15) is 13.9 Å². The summed E-state index contributed by atoms with van der Waals surface area (Å²) in [7, 11) is 0. The van der Waals surface area contributed by atoms with Gasteiger partial charge in [0, 0.05) is 18.2 Å². The average Bonchev–Trinajstić information content (AvgIpc) is 3.50. The van der Waals surface area contributed by atoms with Gasteiger partial charge in [-0.15, -0.1) is 0 Å². The summed E-state index contributed by atoms with van der Waals surface area (Å²) in [6, 6.07) is 10.2. The lowest BCUT2D eigenvalue weighted by Crippen LogP contribution is -2.30. The molecular formula is C28H24F3N5O4. The zero-order valence-electron chi connectivity index (χ0n) is 21.5. The molecule has 4 aromatic rings. The quantitative estimate of drug-likeness (QED) is 0.315. The number of Topliss-reactive ketones (excluding diaryl/α,β-unsaturated/α-hetero) is 1. The smallest absolute Gasteiger partial charge is 0.387 e. The first-order valence-electron chi connectivity index (χ1n) is 12.4. The fourth-order valence-electron chi connectivity index (χ4n) is 4.96. The first kappa shape index (κ1) is 26.9. The van der Waals surface area contributed by atoms with E-state index < -0.39 is 24.2 Å². The van der Waals surface area contributed by atoms with Crippen molar-refractivity contribution in [2.24, 2.45) is 0 Å². The Kier molecular flexibility index (Phi) is 7.24. The molecule has 206 valence electrons. The predicted molar refractivity (Wildman–Crippen MR) is 137 cm³/mol. The van der Waals surface area contributed by atoms with Gasteiger partial charge in [-0.1, -0.05) is 24.3 Å². The number of fused-ring (bicyclic) bond motifs is 2. The minimum absolute atomic E-state index is 0.0346. The van der Waals surface area contributed by atoms with Gasteiger partial charge >= 0.3 is 6.61 Å². The van der Waals surface area contributed by atoms with Crippen molar-refractivity contribution in [2.75, 3.05) is 0 Å². The van der Waals surface area contributed by atoms with Crippen LogP contribution in [0.25, 0.3) is 5.65 Å². The third kappa shape index (κ3) is 5.24. The number of amides is 2. The molecule has 5 rings (SSSR count).